The van der Waals surface area contributed by atoms with E-state index in [0.29, 0.717) is 11.4 Å². The Bertz CT molecular complexity index is 760. The van der Waals surface area contributed by atoms with E-state index in [0.717, 1.165) is 15.7 Å². The van der Waals surface area contributed by atoms with Gasteiger partial charge < -0.3 is 11.1 Å². The van der Waals surface area contributed by atoms with E-state index in [1.54, 1.807) is 6.07 Å². The molecule has 0 atom stereocenters. The van der Waals surface area contributed by atoms with E-state index in [1.807, 2.05) is 25.1 Å². The van der Waals surface area contributed by atoms with Crippen molar-refractivity contribution in [2.75, 3.05) is 11.1 Å². The third kappa shape index (κ3) is 3.30. The Morgan fingerprint density at radius 1 is 1.10 bits per heavy atom. The molecule has 7 heteroatoms. The first kappa shape index (κ1) is 14.8. The molecular weight excluding hydrogens is 342 g/mol. The maximum atomic E-state index is 11.2. The van der Waals surface area contributed by atoms with Gasteiger partial charge in [-0.05, 0) is 58.7 Å². The predicted molar refractivity (Wildman–Crippen MR) is 84.4 cm³/mol. The summed E-state index contributed by atoms with van der Waals surface area (Å²) in [5, 5.41) is 8.20. The third-order valence-corrected chi connectivity index (χ3v) is 4.31. The minimum Gasteiger partial charge on any atom is -0.397 e. The molecule has 0 spiro atoms. The zero-order valence-corrected chi connectivity index (χ0v) is 13.1. The summed E-state index contributed by atoms with van der Waals surface area (Å²) in [6.07, 6.45) is 0. The molecule has 20 heavy (non-hydrogen) atoms. The van der Waals surface area contributed by atoms with Crippen LogP contribution >= 0.6 is 15.9 Å². The molecule has 0 aliphatic heterocycles. The van der Waals surface area contributed by atoms with Crippen LogP contribution in [0.2, 0.25) is 0 Å². The van der Waals surface area contributed by atoms with Crippen LogP contribution in [0.25, 0.3) is 0 Å². The van der Waals surface area contributed by atoms with Crippen LogP contribution in [0.3, 0.4) is 0 Å². The summed E-state index contributed by atoms with van der Waals surface area (Å²) in [7, 11) is -3.75. The summed E-state index contributed by atoms with van der Waals surface area (Å²) < 4.78 is 23.4. The van der Waals surface area contributed by atoms with E-state index in [1.165, 1.54) is 12.1 Å². The van der Waals surface area contributed by atoms with Crippen molar-refractivity contribution in [3.8, 4) is 0 Å². The lowest BCUT2D eigenvalue weighted by Gasteiger charge is -2.12. The van der Waals surface area contributed by atoms with Gasteiger partial charge in [-0.2, -0.15) is 0 Å². The number of anilines is 3. The van der Waals surface area contributed by atoms with Crippen molar-refractivity contribution in [3.63, 3.8) is 0 Å². The van der Waals surface area contributed by atoms with Gasteiger partial charge >= 0.3 is 0 Å². The fraction of sp³-hybridized carbons (Fsp3) is 0.0769. The first-order chi connectivity index (χ1) is 9.27. The van der Waals surface area contributed by atoms with Crippen LogP contribution in [0.5, 0.6) is 0 Å². The van der Waals surface area contributed by atoms with E-state index in [2.05, 4.69) is 21.2 Å². The second-order valence-corrected chi connectivity index (χ2v) is 6.82. The van der Waals surface area contributed by atoms with E-state index >= 15 is 0 Å². The zero-order chi connectivity index (χ0) is 14.9. The predicted octanol–water partition coefficient (Wildman–Crippen LogP) is 2.73. The van der Waals surface area contributed by atoms with Crippen LogP contribution in [0.4, 0.5) is 17.1 Å². The lowest BCUT2D eigenvalue weighted by Crippen LogP contribution is -2.12. The van der Waals surface area contributed by atoms with Gasteiger partial charge in [-0.3, -0.25) is 0 Å². The van der Waals surface area contributed by atoms with E-state index in [4.69, 9.17) is 10.9 Å². The second-order valence-electron chi connectivity index (χ2n) is 4.40. The molecule has 0 aliphatic rings. The normalized spacial score (nSPS) is 11.3. The smallest absolute Gasteiger partial charge is 0.238 e. The lowest BCUT2D eigenvalue weighted by molar-refractivity contribution is 0.598. The van der Waals surface area contributed by atoms with Crippen molar-refractivity contribution in [2.24, 2.45) is 5.14 Å². The monoisotopic (exact) mass is 355 g/mol. The highest BCUT2D eigenvalue weighted by atomic mass is 79.9. The number of hydrogen-bond acceptors (Lipinski definition) is 4. The first-order valence-electron chi connectivity index (χ1n) is 5.73. The quantitative estimate of drug-likeness (QED) is 0.737. The van der Waals surface area contributed by atoms with Gasteiger partial charge in [-0.1, -0.05) is 6.07 Å². The fourth-order valence-electron chi connectivity index (χ4n) is 1.70. The molecule has 0 saturated carbocycles. The Balaban J connectivity index is 2.35. The maximum Gasteiger partial charge on any atom is 0.238 e. The zero-order valence-electron chi connectivity index (χ0n) is 10.7. The second kappa shape index (κ2) is 5.43. The molecule has 0 fully saturated rings. The number of nitrogens with two attached hydrogens (primary N) is 2. The molecular formula is C13H14BrN3O2S. The van der Waals surface area contributed by atoms with Gasteiger partial charge in [-0.15, -0.1) is 0 Å². The molecule has 5 nitrogen and oxygen atoms in total. The molecule has 0 saturated heterocycles. The molecule has 2 rings (SSSR count). The van der Waals surface area contributed by atoms with E-state index < -0.39 is 10.0 Å². The molecule has 106 valence electrons. The molecule has 0 bridgehead atoms. The summed E-state index contributed by atoms with van der Waals surface area (Å²) in [4.78, 5) is -0.0106. The molecule has 0 amide bonds. The summed E-state index contributed by atoms with van der Waals surface area (Å²) in [6, 6.07) is 10.2. The van der Waals surface area contributed by atoms with E-state index in [-0.39, 0.29) is 4.90 Å². The van der Waals surface area contributed by atoms with Gasteiger partial charge in [0.2, 0.25) is 10.0 Å². The Kier molecular flexibility index (Phi) is 4.03. The van der Waals surface area contributed by atoms with Crippen LogP contribution < -0.4 is 16.2 Å². The highest BCUT2D eigenvalue weighted by molar-refractivity contribution is 9.10. The fourth-order valence-corrected chi connectivity index (χ4v) is 2.84. The number of nitrogen functional groups attached to an aromatic ring is 1. The summed E-state index contributed by atoms with van der Waals surface area (Å²) in [6.45, 7) is 1.99. The molecule has 5 N–H and O–H groups in total. The summed E-state index contributed by atoms with van der Waals surface area (Å²) >= 11 is 3.46. The number of primary sulfonamides is 1. The molecule has 0 heterocycles. The minimum absolute atomic E-state index is 0.0106. The molecule has 2 aromatic carbocycles. The van der Waals surface area contributed by atoms with Gasteiger partial charge in [0.25, 0.3) is 0 Å². The van der Waals surface area contributed by atoms with E-state index in [9.17, 15) is 8.42 Å². The standard InChI is InChI=1S/C13H14BrN3O2S/c1-8-2-4-12(10(14)6-8)17-13-5-3-9(7-11(13)15)20(16,18)19/h2-7,17H,15H2,1H3,(H2,16,18,19). The van der Waals surface area contributed by atoms with Crippen molar-refractivity contribution in [3.05, 3.63) is 46.4 Å². The van der Waals surface area contributed by atoms with Crippen LogP contribution in [0.15, 0.2) is 45.8 Å². The Labute approximate surface area is 126 Å². The van der Waals surface area contributed by atoms with Crippen molar-refractivity contribution in [2.45, 2.75) is 11.8 Å². The van der Waals surface area contributed by atoms with Crippen molar-refractivity contribution >= 4 is 43.0 Å². The maximum absolute atomic E-state index is 11.2. The molecule has 0 radical (unpaired) electrons. The number of halogens is 1. The Hall–Kier alpha value is -1.57. The van der Waals surface area contributed by atoms with Gasteiger partial charge in [0.05, 0.1) is 22.0 Å². The van der Waals surface area contributed by atoms with Crippen LogP contribution in [0, 0.1) is 6.92 Å². The summed E-state index contributed by atoms with van der Waals surface area (Å²) in [5.74, 6) is 0. The molecule has 0 aliphatic carbocycles. The molecule has 0 unspecified atom stereocenters. The topological polar surface area (TPSA) is 98.2 Å². The van der Waals surface area contributed by atoms with Crippen LogP contribution in [-0.4, -0.2) is 8.42 Å². The SMILES string of the molecule is Cc1ccc(Nc2ccc(S(N)(=O)=O)cc2N)c(Br)c1. The number of hydrogen-bond donors (Lipinski definition) is 3. The van der Waals surface area contributed by atoms with Crippen LogP contribution in [0.1, 0.15) is 5.56 Å². The Morgan fingerprint density at radius 3 is 2.30 bits per heavy atom. The number of rotatable bonds is 3. The average Bonchev–Trinajstić information content (AvgIpc) is 2.33. The molecule has 0 aromatic heterocycles. The third-order valence-electron chi connectivity index (χ3n) is 2.75. The van der Waals surface area contributed by atoms with Crippen molar-refractivity contribution in [1.29, 1.82) is 0 Å². The number of sulfonamides is 1. The highest BCUT2D eigenvalue weighted by Gasteiger charge is 2.10. The van der Waals surface area contributed by atoms with Crippen LogP contribution in [-0.2, 0) is 10.0 Å². The highest BCUT2D eigenvalue weighted by Crippen LogP contribution is 2.30. The van der Waals surface area contributed by atoms with Gasteiger partial charge in [0.15, 0.2) is 0 Å². The Morgan fingerprint density at radius 2 is 1.75 bits per heavy atom. The van der Waals surface area contributed by atoms with Gasteiger partial charge in [0, 0.05) is 4.47 Å². The number of nitrogens with one attached hydrogen (secondary N) is 1. The van der Waals surface area contributed by atoms with Gasteiger partial charge in [-0.25, -0.2) is 13.6 Å². The van der Waals surface area contributed by atoms with Gasteiger partial charge in [0.1, 0.15) is 0 Å². The first-order valence-corrected chi connectivity index (χ1v) is 8.07. The lowest BCUT2D eigenvalue weighted by atomic mass is 10.2. The number of benzene rings is 2. The minimum atomic E-state index is -3.75. The summed E-state index contributed by atoms with van der Waals surface area (Å²) in [5.41, 5.74) is 8.73. The largest absolute Gasteiger partial charge is 0.397 e. The average molecular weight is 356 g/mol. The van der Waals surface area contributed by atoms with Crippen molar-refractivity contribution < 1.29 is 8.42 Å². The number of aryl methyl sites for hydroxylation is 1. The van der Waals surface area contributed by atoms with Crippen molar-refractivity contribution in [1.82, 2.24) is 0 Å². The molecule has 2 aromatic rings.